The van der Waals surface area contributed by atoms with Crippen molar-refractivity contribution in [2.45, 2.75) is 43.6 Å². The van der Waals surface area contributed by atoms with Gasteiger partial charge in [0.1, 0.15) is 5.82 Å². The molecule has 2 aromatic heterocycles. The Morgan fingerprint density at radius 3 is 2.71 bits per heavy atom. The summed E-state index contributed by atoms with van der Waals surface area (Å²) in [6, 6.07) is 3.54. The van der Waals surface area contributed by atoms with E-state index < -0.39 is 0 Å². The zero-order valence-electron chi connectivity index (χ0n) is 14.3. The van der Waals surface area contributed by atoms with Crippen molar-refractivity contribution in [1.29, 1.82) is 0 Å². The molecular weight excluding hydrogens is 326 g/mol. The molecule has 8 heteroatoms. The summed E-state index contributed by atoms with van der Waals surface area (Å²) in [7, 11) is 1.84. The third-order valence-electron chi connectivity index (χ3n) is 4.02. The van der Waals surface area contributed by atoms with Crippen LogP contribution in [0.1, 0.15) is 32.0 Å². The van der Waals surface area contributed by atoms with Crippen LogP contribution in [0.15, 0.2) is 28.3 Å². The Morgan fingerprint density at radius 1 is 1.33 bits per heavy atom. The van der Waals surface area contributed by atoms with E-state index in [4.69, 9.17) is 0 Å². The van der Waals surface area contributed by atoms with Gasteiger partial charge in [0.05, 0.1) is 10.9 Å². The molecule has 3 rings (SSSR count). The van der Waals surface area contributed by atoms with Crippen LogP contribution < -0.4 is 10.5 Å². The van der Waals surface area contributed by atoms with Crippen LogP contribution in [0.4, 0.5) is 5.82 Å². The van der Waals surface area contributed by atoms with E-state index >= 15 is 0 Å². The quantitative estimate of drug-likeness (QED) is 0.788. The van der Waals surface area contributed by atoms with Crippen LogP contribution in [-0.4, -0.2) is 37.0 Å². The fourth-order valence-corrected chi connectivity index (χ4v) is 4.09. The number of amides is 1. The Hall–Kier alpha value is -2.09. The number of carbonyl (C=O) groups excluding carboxylic acids is 1. The van der Waals surface area contributed by atoms with Gasteiger partial charge in [0.15, 0.2) is 5.16 Å². The van der Waals surface area contributed by atoms with Gasteiger partial charge in [-0.3, -0.25) is 19.2 Å². The minimum Gasteiger partial charge on any atom is -0.325 e. The minimum atomic E-state index is -0.279. The van der Waals surface area contributed by atoms with Crippen molar-refractivity contribution in [2.75, 3.05) is 11.4 Å². The molecule has 0 N–H and O–H groups in total. The molecule has 0 aromatic carbocycles. The number of hydrogen-bond acceptors (Lipinski definition) is 5. The maximum Gasteiger partial charge on any atom is 0.273 e. The van der Waals surface area contributed by atoms with Crippen LogP contribution in [0.5, 0.6) is 0 Å². The molecule has 1 atom stereocenters. The summed E-state index contributed by atoms with van der Waals surface area (Å²) < 4.78 is 3.65. The number of hydrogen-bond donors (Lipinski definition) is 0. The molecule has 2 aromatic rings. The highest BCUT2D eigenvalue weighted by atomic mass is 32.2. The van der Waals surface area contributed by atoms with Crippen LogP contribution in [0.25, 0.3) is 0 Å². The lowest BCUT2D eigenvalue weighted by atomic mass is 10.4. The van der Waals surface area contributed by atoms with Crippen molar-refractivity contribution in [3.05, 3.63) is 34.4 Å². The first-order chi connectivity index (χ1) is 11.4. The van der Waals surface area contributed by atoms with Crippen LogP contribution in [0, 0.1) is 6.92 Å². The molecule has 0 spiro atoms. The maximum absolute atomic E-state index is 12.8. The third kappa shape index (κ3) is 3.10. The molecule has 1 fully saturated rings. The summed E-state index contributed by atoms with van der Waals surface area (Å²) in [5.41, 5.74) is 0.605. The van der Waals surface area contributed by atoms with Gasteiger partial charge in [-0.15, -0.1) is 0 Å². The predicted molar refractivity (Wildman–Crippen MR) is 93.4 cm³/mol. The zero-order valence-corrected chi connectivity index (χ0v) is 15.1. The summed E-state index contributed by atoms with van der Waals surface area (Å²) in [4.78, 5) is 30.3. The first kappa shape index (κ1) is 16.8. The summed E-state index contributed by atoms with van der Waals surface area (Å²) >= 11 is 1.37. The first-order valence-electron chi connectivity index (χ1n) is 7.94. The molecule has 3 heterocycles. The standard InChI is InChI=1S/C16H21N5O2S/c1-10(2)20-8-6-13(22)17-16(20)24-12-5-7-21(15(12)23)14-9-11(3)18-19(14)4/h6,8-10,12H,5,7H2,1-4H3/t12-/m0/s1. The highest BCUT2D eigenvalue weighted by molar-refractivity contribution is 8.00. The Bertz CT molecular complexity index is 826. The van der Waals surface area contributed by atoms with E-state index in [9.17, 15) is 9.59 Å². The lowest BCUT2D eigenvalue weighted by Crippen LogP contribution is -2.30. The van der Waals surface area contributed by atoms with Crippen LogP contribution in [-0.2, 0) is 11.8 Å². The summed E-state index contributed by atoms with van der Waals surface area (Å²) in [5, 5.41) is 4.67. The molecule has 0 unspecified atom stereocenters. The number of nitrogens with zero attached hydrogens (tertiary/aromatic N) is 5. The van der Waals surface area contributed by atoms with Gasteiger partial charge in [-0.2, -0.15) is 10.1 Å². The van der Waals surface area contributed by atoms with Crippen molar-refractivity contribution in [2.24, 2.45) is 7.05 Å². The van der Waals surface area contributed by atoms with Gasteiger partial charge in [-0.1, -0.05) is 11.8 Å². The third-order valence-corrected chi connectivity index (χ3v) is 5.25. The molecule has 1 amide bonds. The maximum atomic E-state index is 12.8. The van der Waals surface area contributed by atoms with E-state index in [0.717, 1.165) is 17.9 Å². The molecule has 7 nitrogen and oxygen atoms in total. The topological polar surface area (TPSA) is 73.0 Å². The van der Waals surface area contributed by atoms with Gasteiger partial charge in [0.25, 0.3) is 5.56 Å². The van der Waals surface area contributed by atoms with Gasteiger partial charge in [0, 0.05) is 38.0 Å². The average molecular weight is 347 g/mol. The summed E-state index contributed by atoms with van der Waals surface area (Å²) in [6.45, 7) is 6.61. The molecule has 1 saturated heterocycles. The van der Waals surface area contributed by atoms with Crippen molar-refractivity contribution >= 4 is 23.5 Å². The molecule has 0 bridgehead atoms. The van der Waals surface area contributed by atoms with Crippen molar-refractivity contribution in [3.63, 3.8) is 0 Å². The molecule has 0 aliphatic carbocycles. The Balaban J connectivity index is 1.83. The molecule has 24 heavy (non-hydrogen) atoms. The fraction of sp³-hybridized carbons (Fsp3) is 0.500. The molecule has 0 saturated carbocycles. The van der Waals surface area contributed by atoms with Crippen LogP contribution in [0.2, 0.25) is 0 Å². The largest absolute Gasteiger partial charge is 0.325 e. The second kappa shape index (κ2) is 6.43. The Labute approximate surface area is 144 Å². The second-order valence-electron chi connectivity index (χ2n) is 6.20. The van der Waals surface area contributed by atoms with Crippen molar-refractivity contribution in [1.82, 2.24) is 19.3 Å². The summed E-state index contributed by atoms with van der Waals surface area (Å²) in [6.07, 6.45) is 2.46. The highest BCUT2D eigenvalue weighted by Gasteiger charge is 2.35. The smallest absolute Gasteiger partial charge is 0.273 e. The van der Waals surface area contributed by atoms with Crippen molar-refractivity contribution < 1.29 is 4.79 Å². The molecule has 1 aliphatic rings. The van der Waals surface area contributed by atoms with Gasteiger partial charge >= 0.3 is 0 Å². The SMILES string of the molecule is Cc1cc(N2CC[C@H](Sc3nc(=O)ccn3C(C)C)C2=O)n(C)n1. The fourth-order valence-electron chi connectivity index (χ4n) is 2.84. The van der Waals surface area contributed by atoms with E-state index in [0.29, 0.717) is 11.7 Å². The van der Waals surface area contributed by atoms with E-state index in [1.807, 2.05) is 38.5 Å². The molecular formula is C16H21N5O2S. The number of aromatic nitrogens is 4. The lowest BCUT2D eigenvalue weighted by Gasteiger charge is -2.18. The number of thioether (sulfide) groups is 1. The van der Waals surface area contributed by atoms with Gasteiger partial charge in [0.2, 0.25) is 5.91 Å². The Kier molecular flexibility index (Phi) is 4.49. The molecule has 1 aliphatic heterocycles. The summed E-state index contributed by atoms with van der Waals surface area (Å²) in [5.74, 6) is 0.847. The van der Waals surface area contributed by atoms with E-state index in [-0.39, 0.29) is 22.8 Å². The monoisotopic (exact) mass is 347 g/mol. The highest BCUT2D eigenvalue weighted by Crippen LogP contribution is 2.32. The number of anilines is 1. The molecule has 128 valence electrons. The number of rotatable bonds is 4. The Morgan fingerprint density at radius 2 is 2.08 bits per heavy atom. The minimum absolute atomic E-state index is 0.0383. The first-order valence-corrected chi connectivity index (χ1v) is 8.82. The van der Waals surface area contributed by atoms with Gasteiger partial charge in [-0.25, -0.2) is 0 Å². The second-order valence-corrected chi connectivity index (χ2v) is 7.37. The lowest BCUT2D eigenvalue weighted by molar-refractivity contribution is -0.116. The average Bonchev–Trinajstić information content (AvgIpc) is 3.01. The number of aryl methyl sites for hydroxylation is 2. The van der Waals surface area contributed by atoms with Crippen LogP contribution in [0.3, 0.4) is 0 Å². The van der Waals surface area contributed by atoms with E-state index in [1.54, 1.807) is 15.8 Å². The van der Waals surface area contributed by atoms with Gasteiger partial charge < -0.3 is 4.57 Å². The predicted octanol–water partition coefficient (Wildman–Crippen LogP) is 1.76. The van der Waals surface area contributed by atoms with Crippen LogP contribution >= 0.6 is 11.8 Å². The normalized spacial score (nSPS) is 18.0. The molecule has 0 radical (unpaired) electrons. The van der Waals surface area contributed by atoms with E-state index in [2.05, 4.69) is 10.1 Å². The van der Waals surface area contributed by atoms with Gasteiger partial charge in [-0.05, 0) is 27.2 Å². The van der Waals surface area contributed by atoms with E-state index in [1.165, 1.54) is 17.8 Å². The zero-order chi connectivity index (χ0) is 17.4. The van der Waals surface area contributed by atoms with Crippen molar-refractivity contribution in [3.8, 4) is 0 Å². The number of carbonyl (C=O) groups is 1.